The Morgan fingerprint density at radius 1 is 1.08 bits per heavy atom. The standard InChI is InChI=1S/C18H22N2O3S2/c21-25(22,20-11-4-5-12-20)17-9-10-18(19-15-17)24-14-6-13-23-16-7-2-1-3-8-16/h1-3,7-10,15H,4-6,11-14H2. The Balaban J connectivity index is 1.45. The number of ether oxygens (including phenoxy) is 1. The van der Waals surface area contributed by atoms with E-state index in [0.717, 1.165) is 35.8 Å². The Morgan fingerprint density at radius 2 is 1.84 bits per heavy atom. The molecule has 3 rings (SSSR count). The van der Waals surface area contributed by atoms with E-state index in [1.54, 1.807) is 23.9 Å². The first-order valence-corrected chi connectivity index (χ1v) is 10.9. The molecule has 2 heterocycles. The van der Waals surface area contributed by atoms with Gasteiger partial charge in [-0.2, -0.15) is 4.31 Å². The predicted molar refractivity (Wildman–Crippen MR) is 99.5 cm³/mol. The first-order valence-electron chi connectivity index (χ1n) is 8.43. The number of benzene rings is 1. The summed E-state index contributed by atoms with van der Waals surface area (Å²) < 4.78 is 32.1. The van der Waals surface area contributed by atoms with Crippen LogP contribution in [0.25, 0.3) is 0 Å². The van der Waals surface area contributed by atoms with Crippen molar-refractivity contribution in [2.45, 2.75) is 29.2 Å². The third-order valence-electron chi connectivity index (χ3n) is 3.96. The molecule has 1 aliphatic heterocycles. The van der Waals surface area contributed by atoms with Gasteiger partial charge in [-0.15, -0.1) is 11.8 Å². The number of hydrogen-bond acceptors (Lipinski definition) is 5. The highest BCUT2D eigenvalue weighted by Crippen LogP contribution is 2.23. The average Bonchev–Trinajstić information content (AvgIpc) is 3.18. The molecule has 1 aliphatic rings. The fourth-order valence-corrected chi connectivity index (χ4v) is 4.85. The fourth-order valence-electron chi connectivity index (χ4n) is 2.62. The molecule has 0 saturated carbocycles. The molecule has 1 fully saturated rings. The summed E-state index contributed by atoms with van der Waals surface area (Å²) in [6.07, 6.45) is 4.24. The molecule has 1 aromatic carbocycles. The summed E-state index contributed by atoms with van der Waals surface area (Å²) in [5.41, 5.74) is 0. The zero-order chi connectivity index (χ0) is 17.5. The van der Waals surface area contributed by atoms with Crippen molar-refractivity contribution >= 4 is 21.8 Å². The maximum Gasteiger partial charge on any atom is 0.244 e. The summed E-state index contributed by atoms with van der Waals surface area (Å²) in [5, 5.41) is 0.833. The molecule has 0 spiro atoms. The Bertz CT molecular complexity index is 759. The lowest BCUT2D eigenvalue weighted by Crippen LogP contribution is -2.27. The maximum absolute atomic E-state index is 12.4. The molecule has 7 heteroatoms. The van der Waals surface area contributed by atoms with Gasteiger partial charge in [0.2, 0.25) is 10.0 Å². The first kappa shape index (κ1) is 18.2. The van der Waals surface area contributed by atoms with E-state index in [2.05, 4.69) is 4.98 Å². The summed E-state index contributed by atoms with van der Waals surface area (Å²) in [6.45, 7) is 1.87. The van der Waals surface area contributed by atoms with E-state index in [0.29, 0.717) is 19.7 Å². The minimum absolute atomic E-state index is 0.283. The molecule has 25 heavy (non-hydrogen) atoms. The van der Waals surface area contributed by atoms with Crippen molar-refractivity contribution in [3.8, 4) is 5.75 Å². The van der Waals surface area contributed by atoms with Crippen molar-refractivity contribution in [3.63, 3.8) is 0 Å². The van der Waals surface area contributed by atoms with Crippen LogP contribution < -0.4 is 4.74 Å². The molecule has 0 atom stereocenters. The second kappa shape index (κ2) is 8.69. The van der Waals surface area contributed by atoms with Crippen LogP contribution in [0.15, 0.2) is 58.6 Å². The summed E-state index contributed by atoms with van der Waals surface area (Å²) in [6, 6.07) is 13.2. The number of para-hydroxylation sites is 1. The zero-order valence-corrected chi connectivity index (χ0v) is 15.6. The Hall–Kier alpha value is -1.57. The molecule has 0 N–H and O–H groups in total. The lowest BCUT2D eigenvalue weighted by molar-refractivity contribution is 0.318. The second-order valence-corrected chi connectivity index (χ2v) is 8.86. The third kappa shape index (κ3) is 4.96. The topological polar surface area (TPSA) is 59.5 Å². The van der Waals surface area contributed by atoms with Crippen LogP contribution in [0, 0.1) is 0 Å². The van der Waals surface area contributed by atoms with Crippen molar-refractivity contribution in [2.24, 2.45) is 0 Å². The fraction of sp³-hybridized carbons (Fsp3) is 0.389. The zero-order valence-electron chi connectivity index (χ0n) is 14.0. The largest absolute Gasteiger partial charge is 0.494 e. The van der Waals surface area contributed by atoms with Gasteiger partial charge in [0.05, 0.1) is 11.6 Å². The van der Waals surface area contributed by atoms with Crippen LogP contribution in [0.3, 0.4) is 0 Å². The first-order chi connectivity index (χ1) is 12.2. The number of sulfonamides is 1. The quantitative estimate of drug-likeness (QED) is 0.520. The Kier molecular flexibility index (Phi) is 6.34. The van der Waals surface area contributed by atoms with Gasteiger partial charge in [-0.25, -0.2) is 13.4 Å². The van der Waals surface area contributed by atoms with Crippen molar-refractivity contribution < 1.29 is 13.2 Å². The van der Waals surface area contributed by atoms with Crippen molar-refractivity contribution in [3.05, 3.63) is 48.7 Å². The van der Waals surface area contributed by atoms with Crippen LogP contribution in [-0.2, 0) is 10.0 Å². The van der Waals surface area contributed by atoms with Gasteiger partial charge < -0.3 is 4.74 Å². The highest BCUT2D eigenvalue weighted by Gasteiger charge is 2.27. The van der Waals surface area contributed by atoms with Crippen molar-refractivity contribution in [1.29, 1.82) is 0 Å². The van der Waals surface area contributed by atoms with Crippen LogP contribution in [0.4, 0.5) is 0 Å². The lowest BCUT2D eigenvalue weighted by atomic mass is 10.3. The number of pyridine rings is 1. The molecular formula is C18H22N2O3S2. The summed E-state index contributed by atoms with van der Waals surface area (Å²) in [4.78, 5) is 4.57. The van der Waals surface area contributed by atoms with E-state index in [-0.39, 0.29) is 4.90 Å². The molecule has 0 bridgehead atoms. The Labute approximate surface area is 153 Å². The molecular weight excluding hydrogens is 356 g/mol. The maximum atomic E-state index is 12.4. The molecule has 134 valence electrons. The van der Waals surface area contributed by atoms with Crippen molar-refractivity contribution in [2.75, 3.05) is 25.4 Å². The molecule has 0 radical (unpaired) electrons. The molecule has 2 aromatic rings. The third-order valence-corrected chi connectivity index (χ3v) is 6.87. The summed E-state index contributed by atoms with van der Waals surface area (Å²) in [7, 11) is -3.37. The van der Waals surface area contributed by atoms with Gasteiger partial charge in [0.25, 0.3) is 0 Å². The van der Waals surface area contributed by atoms with Gasteiger partial charge in [-0.1, -0.05) is 18.2 Å². The number of nitrogens with zero attached hydrogens (tertiary/aromatic N) is 2. The van der Waals surface area contributed by atoms with Gasteiger partial charge in [0.15, 0.2) is 0 Å². The lowest BCUT2D eigenvalue weighted by Gasteiger charge is -2.15. The molecule has 0 amide bonds. The summed E-state index contributed by atoms with van der Waals surface area (Å²) >= 11 is 1.61. The van der Waals surface area contributed by atoms with E-state index in [1.165, 1.54) is 10.5 Å². The monoisotopic (exact) mass is 378 g/mol. The average molecular weight is 379 g/mol. The van der Waals surface area contributed by atoms with Crippen LogP contribution in [0.5, 0.6) is 5.75 Å². The van der Waals surface area contributed by atoms with Gasteiger partial charge in [0, 0.05) is 25.0 Å². The van der Waals surface area contributed by atoms with Gasteiger partial charge in [-0.3, -0.25) is 0 Å². The van der Waals surface area contributed by atoms with E-state index in [4.69, 9.17) is 4.74 Å². The van der Waals surface area contributed by atoms with Gasteiger partial charge in [-0.05, 0) is 43.5 Å². The van der Waals surface area contributed by atoms with Crippen molar-refractivity contribution in [1.82, 2.24) is 9.29 Å². The number of aromatic nitrogens is 1. The predicted octanol–water partition coefficient (Wildman–Crippen LogP) is 3.43. The minimum Gasteiger partial charge on any atom is -0.494 e. The molecule has 1 aromatic heterocycles. The molecule has 0 aliphatic carbocycles. The van der Waals surface area contributed by atoms with Crippen LogP contribution in [0.1, 0.15) is 19.3 Å². The number of thioether (sulfide) groups is 1. The molecule has 0 unspecified atom stereocenters. The van der Waals surface area contributed by atoms with Crippen LogP contribution >= 0.6 is 11.8 Å². The molecule has 5 nitrogen and oxygen atoms in total. The Morgan fingerprint density at radius 3 is 2.52 bits per heavy atom. The van der Waals surface area contributed by atoms with Crippen LogP contribution in [0.2, 0.25) is 0 Å². The van der Waals surface area contributed by atoms with Gasteiger partial charge >= 0.3 is 0 Å². The van der Waals surface area contributed by atoms with E-state index in [1.807, 2.05) is 30.3 Å². The second-order valence-electron chi connectivity index (χ2n) is 5.81. The smallest absolute Gasteiger partial charge is 0.244 e. The summed E-state index contributed by atoms with van der Waals surface area (Å²) in [5.74, 6) is 1.75. The highest BCUT2D eigenvalue weighted by molar-refractivity contribution is 7.99. The number of rotatable bonds is 8. The van der Waals surface area contributed by atoms with Crippen LogP contribution in [-0.4, -0.2) is 43.2 Å². The normalized spacial score (nSPS) is 15.4. The van der Waals surface area contributed by atoms with Gasteiger partial charge in [0.1, 0.15) is 10.6 Å². The van der Waals surface area contributed by atoms with E-state index >= 15 is 0 Å². The SMILES string of the molecule is O=S(=O)(c1ccc(SCCCOc2ccccc2)nc1)N1CCCC1. The molecule has 1 saturated heterocycles. The minimum atomic E-state index is -3.37. The highest BCUT2D eigenvalue weighted by atomic mass is 32.2. The van der Waals surface area contributed by atoms with E-state index in [9.17, 15) is 8.42 Å². The van der Waals surface area contributed by atoms with E-state index < -0.39 is 10.0 Å². The number of hydrogen-bond donors (Lipinski definition) is 0.